The van der Waals surface area contributed by atoms with Gasteiger partial charge in [0.2, 0.25) is 5.95 Å². The quantitative estimate of drug-likeness (QED) is 0.712. The van der Waals surface area contributed by atoms with Crippen molar-refractivity contribution in [2.45, 2.75) is 19.9 Å². The number of hydrogen-bond acceptors (Lipinski definition) is 4. The number of imidazole rings is 1. The Labute approximate surface area is 117 Å². The largest absolute Gasteiger partial charge is 0.398 e. The van der Waals surface area contributed by atoms with Crippen LogP contribution in [0.15, 0.2) is 36.7 Å². The van der Waals surface area contributed by atoms with Crippen LogP contribution in [0.4, 0.5) is 11.6 Å². The summed E-state index contributed by atoms with van der Waals surface area (Å²) in [5, 5.41) is 0. The molecule has 0 aliphatic rings. The highest BCUT2D eigenvalue weighted by Gasteiger charge is 2.11. The molecule has 2 aromatic heterocycles. The highest BCUT2D eigenvalue weighted by Crippen LogP contribution is 2.25. The topological polar surface area (TPSA) is 82.7 Å². The molecule has 0 saturated heterocycles. The minimum atomic E-state index is 0.526. The molecule has 3 aromatic rings. The van der Waals surface area contributed by atoms with E-state index in [-0.39, 0.29) is 0 Å². The van der Waals surface area contributed by atoms with E-state index in [4.69, 9.17) is 11.5 Å². The number of rotatable bonds is 3. The molecule has 0 atom stereocenters. The number of fused-ring (bicyclic) bond motifs is 1. The molecular weight excluding hydrogens is 250 g/mol. The van der Waals surface area contributed by atoms with Crippen LogP contribution in [0.1, 0.15) is 11.1 Å². The van der Waals surface area contributed by atoms with E-state index >= 15 is 0 Å². The zero-order valence-corrected chi connectivity index (χ0v) is 11.4. The Hall–Kier alpha value is -2.56. The second kappa shape index (κ2) is 4.85. The summed E-state index contributed by atoms with van der Waals surface area (Å²) in [5.74, 6) is 0.526. The summed E-state index contributed by atoms with van der Waals surface area (Å²) in [5.41, 5.74) is 16.8. The molecular formula is C15H17N5. The van der Waals surface area contributed by atoms with E-state index in [1.165, 1.54) is 5.56 Å². The molecule has 0 saturated carbocycles. The van der Waals surface area contributed by atoms with E-state index in [9.17, 15) is 0 Å². The van der Waals surface area contributed by atoms with Crippen molar-refractivity contribution in [2.24, 2.45) is 0 Å². The molecule has 0 radical (unpaired) electrons. The van der Waals surface area contributed by atoms with Crippen molar-refractivity contribution in [3.05, 3.63) is 47.8 Å². The van der Waals surface area contributed by atoms with Gasteiger partial charge in [-0.25, -0.2) is 4.98 Å². The predicted molar refractivity (Wildman–Crippen MR) is 81.2 cm³/mol. The third-order valence-corrected chi connectivity index (χ3v) is 3.59. The number of anilines is 2. The number of aromatic nitrogens is 3. The lowest BCUT2D eigenvalue weighted by Gasteiger charge is -2.07. The number of aryl methyl sites for hydroxylation is 3. The van der Waals surface area contributed by atoms with Crippen molar-refractivity contribution in [1.82, 2.24) is 14.5 Å². The van der Waals surface area contributed by atoms with Gasteiger partial charge in [-0.05, 0) is 42.7 Å². The van der Waals surface area contributed by atoms with Gasteiger partial charge in [0.1, 0.15) is 0 Å². The molecule has 102 valence electrons. The molecule has 0 amide bonds. The molecule has 0 spiro atoms. The molecule has 1 aromatic carbocycles. The standard InChI is InChI=1S/C15H17N5/c1-10-12(16)4-5-13-14(10)19-15(17)20(13)8-6-11-3-2-7-18-9-11/h2-5,7,9H,6,8,16H2,1H3,(H2,17,19). The fourth-order valence-electron chi connectivity index (χ4n) is 2.38. The predicted octanol–water partition coefficient (Wildman–Crippen LogP) is 2.15. The van der Waals surface area contributed by atoms with Gasteiger partial charge in [0.15, 0.2) is 0 Å². The Bertz CT molecular complexity index is 746. The van der Waals surface area contributed by atoms with Crippen LogP contribution in [0.25, 0.3) is 11.0 Å². The molecule has 3 rings (SSSR count). The molecule has 4 N–H and O–H groups in total. The van der Waals surface area contributed by atoms with Crippen LogP contribution in [0.2, 0.25) is 0 Å². The van der Waals surface area contributed by atoms with Crippen molar-refractivity contribution in [2.75, 3.05) is 11.5 Å². The summed E-state index contributed by atoms with van der Waals surface area (Å²) in [6, 6.07) is 7.88. The normalized spacial score (nSPS) is 11.1. The zero-order valence-electron chi connectivity index (χ0n) is 11.4. The molecule has 0 bridgehead atoms. The Kier molecular flexibility index (Phi) is 3.02. The minimum Gasteiger partial charge on any atom is -0.398 e. The Balaban J connectivity index is 1.96. The van der Waals surface area contributed by atoms with Crippen molar-refractivity contribution in [3.8, 4) is 0 Å². The summed E-state index contributed by atoms with van der Waals surface area (Å²) < 4.78 is 2.02. The third kappa shape index (κ3) is 2.07. The Morgan fingerprint density at radius 2 is 2.05 bits per heavy atom. The first-order chi connectivity index (χ1) is 9.66. The maximum Gasteiger partial charge on any atom is 0.201 e. The third-order valence-electron chi connectivity index (χ3n) is 3.59. The average Bonchev–Trinajstić information content (AvgIpc) is 2.79. The number of nitrogen functional groups attached to an aromatic ring is 2. The van der Waals surface area contributed by atoms with Gasteiger partial charge in [-0.3, -0.25) is 4.98 Å². The maximum atomic E-state index is 6.03. The molecule has 0 fully saturated rings. The van der Waals surface area contributed by atoms with Crippen LogP contribution in [0, 0.1) is 6.92 Å². The van der Waals surface area contributed by atoms with Crippen LogP contribution in [0.3, 0.4) is 0 Å². The lowest BCUT2D eigenvalue weighted by Crippen LogP contribution is -2.05. The van der Waals surface area contributed by atoms with Crippen molar-refractivity contribution in [1.29, 1.82) is 0 Å². The average molecular weight is 267 g/mol. The fraction of sp³-hybridized carbons (Fsp3) is 0.200. The second-order valence-corrected chi connectivity index (χ2v) is 4.88. The first-order valence-corrected chi connectivity index (χ1v) is 6.56. The minimum absolute atomic E-state index is 0.526. The van der Waals surface area contributed by atoms with Crippen LogP contribution in [0.5, 0.6) is 0 Å². The lowest BCUT2D eigenvalue weighted by atomic mass is 10.1. The summed E-state index contributed by atoms with van der Waals surface area (Å²) in [4.78, 5) is 8.55. The van der Waals surface area contributed by atoms with E-state index in [2.05, 4.69) is 16.0 Å². The summed E-state index contributed by atoms with van der Waals surface area (Å²) in [7, 11) is 0. The SMILES string of the molecule is Cc1c(N)ccc2c1nc(N)n2CCc1cccnc1. The molecule has 2 heterocycles. The Morgan fingerprint density at radius 3 is 2.80 bits per heavy atom. The summed E-state index contributed by atoms with van der Waals surface area (Å²) in [6.07, 6.45) is 4.52. The number of hydrogen-bond donors (Lipinski definition) is 2. The zero-order chi connectivity index (χ0) is 14.1. The van der Waals surface area contributed by atoms with Gasteiger partial charge < -0.3 is 16.0 Å². The fourth-order valence-corrected chi connectivity index (χ4v) is 2.38. The van der Waals surface area contributed by atoms with E-state index < -0.39 is 0 Å². The first-order valence-electron chi connectivity index (χ1n) is 6.56. The Morgan fingerprint density at radius 1 is 1.20 bits per heavy atom. The van der Waals surface area contributed by atoms with Crippen molar-refractivity contribution < 1.29 is 0 Å². The van der Waals surface area contributed by atoms with Gasteiger partial charge in [0.05, 0.1) is 11.0 Å². The van der Waals surface area contributed by atoms with Crippen LogP contribution in [-0.4, -0.2) is 14.5 Å². The van der Waals surface area contributed by atoms with Crippen molar-refractivity contribution >= 4 is 22.7 Å². The van der Waals surface area contributed by atoms with Crippen molar-refractivity contribution in [3.63, 3.8) is 0 Å². The van der Waals surface area contributed by atoms with Gasteiger partial charge in [-0.2, -0.15) is 0 Å². The van der Waals surface area contributed by atoms with Gasteiger partial charge in [-0.15, -0.1) is 0 Å². The summed E-state index contributed by atoms with van der Waals surface area (Å²) >= 11 is 0. The van der Waals surface area contributed by atoms with E-state index in [1.54, 1.807) is 6.20 Å². The van der Waals surface area contributed by atoms with Gasteiger partial charge >= 0.3 is 0 Å². The maximum absolute atomic E-state index is 6.03. The molecule has 0 unspecified atom stereocenters. The number of benzene rings is 1. The molecule has 0 aliphatic carbocycles. The molecule has 5 heteroatoms. The number of pyridine rings is 1. The lowest BCUT2D eigenvalue weighted by molar-refractivity contribution is 0.724. The van der Waals surface area contributed by atoms with E-state index in [0.29, 0.717) is 5.95 Å². The molecule has 20 heavy (non-hydrogen) atoms. The number of nitrogens with zero attached hydrogens (tertiary/aromatic N) is 3. The summed E-state index contributed by atoms with van der Waals surface area (Å²) in [6.45, 7) is 2.74. The van der Waals surface area contributed by atoms with Gasteiger partial charge in [-0.1, -0.05) is 6.07 Å². The van der Waals surface area contributed by atoms with Gasteiger partial charge in [0, 0.05) is 24.6 Å². The van der Waals surface area contributed by atoms with Gasteiger partial charge in [0.25, 0.3) is 0 Å². The van der Waals surface area contributed by atoms with E-state index in [0.717, 1.165) is 35.2 Å². The first kappa shape index (κ1) is 12.5. The highest BCUT2D eigenvalue weighted by molar-refractivity contribution is 5.85. The second-order valence-electron chi connectivity index (χ2n) is 4.88. The van der Waals surface area contributed by atoms with Crippen LogP contribution in [-0.2, 0) is 13.0 Å². The van der Waals surface area contributed by atoms with Crippen LogP contribution >= 0.6 is 0 Å². The monoisotopic (exact) mass is 267 g/mol. The number of nitrogens with two attached hydrogens (primary N) is 2. The van der Waals surface area contributed by atoms with E-state index in [1.807, 2.05) is 35.9 Å². The smallest absolute Gasteiger partial charge is 0.201 e. The molecule has 5 nitrogen and oxygen atoms in total. The molecule has 0 aliphatic heterocycles. The van der Waals surface area contributed by atoms with Crippen LogP contribution < -0.4 is 11.5 Å². The highest BCUT2D eigenvalue weighted by atomic mass is 15.1.